The summed E-state index contributed by atoms with van der Waals surface area (Å²) in [5.74, 6) is 0. The summed E-state index contributed by atoms with van der Waals surface area (Å²) in [5.41, 5.74) is 5.07. The maximum atomic E-state index is 4.90. The topological polar surface area (TPSA) is 20.0 Å². The number of hydrogen-bond acceptors (Lipinski definition) is 2. The number of hydrazone groups is 1. The predicted molar refractivity (Wildman–Crippen MR) is 113 cm³/mol. The van der Waals surface area contributed by atoms with Crippen molar-refractivity contribution >= 4 is 16.5 Å². The Bertz CT molecular complexity index is 935. The van der Waals surface area contributed by atoms with E-state index in [0.29, 0.717) is 0 Å². The zero-order valence-electron chi connectivity index (χ0n) is 16.3. The van der Waals surface area contributed by atoms with Crippen LogP contribution in [-0.4, -0.2) is 36.9 Å². The highest BCUT2D eigenvalue weighted by atomic mass is 15.5. The minimum Gasteiger partial charge on any atom is -0.328 e. The molecule has 3 aromatic rings. The van der Waals surface area contributed by atoms with Crippen LogP contribution < -0.4 is 4.90 Å². The Morgan fingerprint density at radius 2 is 1.63 bits per heavy atom. The average molecular weight is 359 g/mol. The van der Waals surface area contributed by atoms with Gasteiger partial charge < -0.3 is 4.90 Å². The van der Waals surface area contributed by atoms with Crippen LogP contribution in [0, 0.1) is 6.92 Å². The summed E-state index contributed by atoms with van der Waals surface area (Å²) in [6.45, 7) is 9.70. The quantitative estimate of drug-likeness (QED) is 0.710. The third kappa shape index (κ3) is 4.37. The van der Waals surface area contributed by atoms with Gasteiger partial charge in [0.15, 0.2) is 0 Å². The van der Waals surface area contributed by atoms with Gasteiger partial charge in [-0.25, -0.2) is 0 Å². The fourth-order valence-electron chi connectivity index (χ4n) is 3.77. The largest absolute Gasteiger partial charge is 0.328 e. The number of fused-ring (bicyclic) bond motifs is 1. The molecule has 0 saturated carbocycles. The number of benzene rings is 3. The maximum Gasteiger partial charge on any atom is 0.103 e. The summed E-state index contributed by atoms with van der Waals surface area (Å²) in [4.78, 5) is 1.65. The fourth-order valence-corrected chi connectivity index (χ4v) is 3.77. The van der Waals surface area contributed by atoms with Crippen molar-refractivity contribution in [2.75, 3.05) is 26.2 Å². The monoisotopic (exact) mass is 358 g/mol. The molecule has 3 aromatic carbocycles. The Hall–Kier alpha value is -2.65. The zero-order valence-corrected chi connectivity index (χ0v) is 16.3. The van der Waals surface area contributed by atoms with E-state index < -0.39 is 0 Å². The number of rotatable bonds is 4. The third-order valence-corrected chi connectivity index (χ3v) is 5.48. The molecule has 0 aliphatic carbocycles. The summed E-state index contributed by atoms with van der Waals surface area (Å²) in [6.07, 6.45) is 0. The minimum absolute atomic E-state index is 1.02. The average Bonchev–Trinajstić information content (AvgIpc) is 2.71. The molecule has 27 heavy (non-hydrogen) atoms. The van der Waals surface area contributed by atoms with Crippen LogP contribution in [0.3, 0.4) is 0 Å². The molecule has 1 saturated heterocycles. The van der Waals surface area contributed by atoms with Gasteiger partial charge in [-0.3, -0.25) is 5.01 Å². The van der Waals surface area contributed by atoms with E-state index in [9.17, 15) is 0 Å². The first-order valence-electron chi connectivity index (χ1n) is 9.86. The molecule has 1 aliphatic rings. The minimum atomic E-state index is 1.02. The maximum absolute atomic E-state index is 4.90. The van der Waals surface area contributed by atoms with E-state index in [1.54, 1.807) is 4.90 Å². The standard InChI is InChI=1S/C24H27N3/c1-19-7-9-21(10-8-19)18-26-13-15-27(16-14-26)25-20(2)23-12-11-22-5-3-4-6-24(22)17-23/h3-12,17H,13-16,18H2,1-2H3/p+1/b25-20-. The summed E-state index contributed by atoms with van der Waals surface area (Å²) < 4.78 is 0. The van der Waals surface area contributed by atoms with Crippen molar-refractivity contribution in [2.24, 2.45) is 5.10 Å². The first-order valence-corrected chi connectivity index (χ1v) is 9.86. The number of quaternary nitrogens is 1. The Kier molecular flexibility index (Phi) is 5.21. The molecule has 3 heteroatoms. The van der Waals surface area contributed by atoms with Crippen molar-refractivity contribution in [3.05, 3.63) is 83.4 Å². The van der Waals surface area contributed by atoms with Crippen LogP contribution in [0.15, 0.2) is 71.8 Å². The second kappa shape index (κ2) is 7.93. The van der Waals surface area contributed by atoms with Gasteiger partial charge in [-0.05, 0) is 36.2 Å². The summed E-state index contributed by atoms with van der Waals surface area (Å²) >= 11 is 0. The molecule has 0 bridgehead atoms. The number of aryl methyl sites for hydroxylation is 1. The van der Waals surface area contributed by atoms with Gasteiger partial charge in [0.05, 0.1) is 31.9 Å². The van der Waals surface area contributed by atoms with Crippen molar-refractivity contribution in [2.45, 2.75) is 20.4 Å². The van der Waals surface area contributed by atoms with Gasteiger partial charge in [0.25, 0.3) is 0 Å². The van der Waals surface area contributed by atoms with Crippen LogP contribution in [0.25, 0.3) is 10.8 Å². The molecule has 4 rings (SSSR count). The molecule has 1 heterocycles. The molecule has 0 radical (unpaired) electrons. The lowest BCUT2D eigenvalue weighted by Crippen LogP contribution is -3.13. The van der Waals surface area contributed by atoms with Crippen LogP contribution in [0.4, 0.5) is 0 Å². The first-order chi connectivity index (χ1) is 13.2. The Morgan fingerprint density at radius 3 is 2.37 bits per heavy atom. The highest BCUT2D eigenvalue weighted by Gasteiger charge is 2.19. The molecule has 138 valence electrons. The van der Waals surface area contributed by atoms with Crippen LogP contribution in [-0.2, 0) is 6.54 Å². The van der Waals surface area contributed by atoms with Crippen molar-refractivity contribution in [1.29, 1.82) is 0 Å². The van der Waals surface area contributed by atoms with Gasteiger partial charge in [-0.15, -0.1) is 0 Å². The van der Waals surface area contributed by atoms with Gasteiger partial charge in [-0.1, -0.05) is 66.2 Å². The SMILES string of the molecule is C/C(=N/N1CC[NH+](Cc2ccc(C)cc2)CC1)c1ccc2ccccc2c1. The molecule has 0 spiro atoms. The molecule has 1 fully saturated rings. The van der Waals surface area contributed by atoms with E-state index in [0.717, 1.165) is 38.4 Å². The zero-order chi connectivity index (χ0) is 18.6. The van der Waals surface area contributed by atoms with E-state index in [2.05, 4.69) is 85.6 Å². The lowest BCUT2D eigenvalue weighted by atomic mass is 10.0. The van der Waals surface area contributed by atoms with Crippen molar-refractivity contribution in [3.63, 3.8) is 0 Å². The molecular formula is C24H28N3+. The van der Waals surface area contributed by atoms with Gasteiger partial charge in [0.1, 0.15) is 6.54 Å². The van der Waals surface area contributed by atoms with E-state index >= 15 is 0 Å². The Labute approximate surface area is 161 Å². The molecule has 0 amide bonds. The molecule has 0 unspecified atom stereocenters. The first kappa shape index (κ1) is 17.7. The lowest BCUT2D eigenvalue weighted by Gasteiger charge is -2.31. The Morgan fingerprint density at radius 1 is 0.926 bits per heavy atom. The van der Waals surface area contributed by atoms with Crippen molar-refractivity contribution < 1.29 is 4.90 Å². The number of hydrogen-bond donors (Lipinski definition) is 1. The summed E-state index contributed by atoms with van der Waals surface area (Å²) in [7, 11) is 0. The molecule has 3 nitrogen and oxygen atoms in total. The van der Waals surface area contributed by atoms with Gasteiger partial charge in [0, 0.05) is 5.56 Å². The van der Waals surface area contributed by atoms with E-state index in [-0.39, 0.29) is 0 Å². The van der Waals surface area contributed by atoms with Crippen LogP contribution in [0.2, 0.25) is 0 Å². The molecular weight excluding hydrogens is 330 g/mol. The second-order valence-corrected chi connectivity index (χ2v) is 7.61. The molecule has 1 aliphatic heterocycles. The Balaban J connectivity index is 1.37. The molecule has 1 N–H and O–H groups in total. The van der Waals surface area contributed by atoms with Crippen molar-refractivity contribution in [1.82, 2.24) is 5.01 Å². The fraction of sp³-hybridized carbons (Fsp3) is 0.292. The third-order valence-electron chi connectivity index (χ3n) is 5.48. The van der Waals surface area contributed by atoms with E-state index in [1.807, 2.05) is 0 Å². The van der Waals surface area contributed by atoms with Gasteiger partial charge >= 0.3 is 0 Å². The van der Waals surface area contributed by atoms with Crippen LogP contribution in [0.5, 0.6) is 0 Å². The lowest BCUT2D eigenvalue weighted by molar-refractivity contribution is -0.918. The summed E-state index contributed by atoms with van der Waals surface area (Å²) in [6, 6.07) is 24.1. The summed E-state index contributed by atoms with van der Waals surface area (Å²) in [5, 5.41) is 9.70. The predicted octanol–water partition coefficient (Wildman–Crippen LogP) is 3.27. The normalized spacial score (nSPS) is 16.1. The van der Waals surface area contributed by atoms with Crippen LogP contribution in [0.1, 0.15) is 23.6 Å². The highest BCUT2D eigenvalue weighted by molar-refractivity contribution is 6.01. The smallest absolute Gasteiger partial charge is 0.103 e. The van der Waals surface area contributed by atoms with Crippen LogP contribution >= 0.6 is 0 Å². The highest BCUT2D eigenvalue weighted by Crippen LogP contribution is 2.16. The number of piperazine rings is 1. The van der Waals surface area contributed by atoms with Gasteiger partial charge in [-0.2, -0.15) is 5.10 Å². The second-order valence-electron chi connectivity index (χ2n) is 7.61. The van der Waals surface area contributed by atoms with E-state index in [1.165, 1.54) is 27.5 Å². The number of nitrogens with one attached hydrogen (secondary N) is 1. The van der Waals surface area contributed by atoms with Gasteiger partial charge in [0.2, 0.25) is 0 Å². The number of nitrogens with zero attached hydrogens (tertiary/aromatic N) is 2. The van der Waals surface area contributed by atoms with Crippen molar-refractivity contribution in [3.8, 4) is 0 Å². The molecule has 0 aromatic heterocycles. The molecule has 0 atom stereocenters. The van der Waals surface area contributed by atoms with E-state index in [4.69, 9.17) is 5.10 Å².